The Morgan fingerprint density at radius 1 is 1.12 bits per heavy atom. The van der Waals surface area contributed by atoms with E-state index in [1.165, 1.54) is 0 Å². The fraction of sp³-hybridized carbons (Fsp3) is 0.350. The number of carbonyl (C=O) groups is 1. The second-order valence-electron chi connectivity index (χ2n) is 6.29. The lowest BCUT2D eigenvalue weighted by Gasteiger charge is -2.16. The average molecular weight is 328 g/mol. The molecular formula is C20H24O4. The van der Waals surface area contributed by atoms with Crippen LogP contribution in [0.1, 0.15) is 42.0 Å². The molecule has 0 spiro atoms. The number of carboxylic acid groups (broad SMARTS) is 1. The first-order valence-corrected chi connectivity index (χ1v) is 7.99. The summed E-state index contributed by atoms with van der Waals surface area (Å²) >= 11 is 0. The first-order chi connectivity index (χ1) is 11.3. The van der Waals surface area contributed by atoms with Gasteiger partial charge in [0.1, 0.15) is 17.2 Å². The summed E-state index contributed by atoms with van der Waals surface area (Å²) in [5.41, 5.74) is 3.72. The minimum absolute atomic E-state index is 0.0159. The van der Waals surface area contributed by atoms with Gasteiger partial charge >= 0.3 is 5.97 Å². The maximum absolute atomic E-state index is 10.9. The Bertz CT molecular complexity index is 724. The summed E-state index contributed by atoms with van der Waals surface area (Å²) < 4.78 is 11.5. The van der Waals surface area contributed by atoms with Crippen LogP contribution in [-0.4, -0.2) is 18.2 Å². The molecule has 0 saturated carbocycles. The third-order valence-electron chi connectivity index (χ3n) is 3.92. The van der Waals surface area contributed by atoms with Gasteiger partial charge in [0.2, 0.25) is 0 Å². The van der Waals surface area contributed by atoms with E-state index in [4.69, 9.17) is 14.6 Å². The lowest BCUT2D eigenvalue weighted by Crippen LogP contribution is -2.02. The van der Waals surface area contributed by atoms with Gasteiger partial charge in [-0.3, -0.25) is 4.79 Å². The number of rotatable bonds is 6. The van der Waals surface area contributed by atoms with Crippen molar-refractivity contribution in [3.8, 4) is 17.2 Å². The highest BCUT2D eigenvalue weighted by Gasteiger charge is 2.13. The van der Waals surface area contributed by atoms with Gasteiger partial charge in [0.05, 0.1) is 13.5 Å². The van der Waals surface area contributed by atoms with Crippen molar-refractivity contribution in [1.29, 1.82) is 0 Å². The van der Waals surface area contributed by atoms with E-state index in [0.717, 1.165) is 39.5 Å². The summed E-state index contributed by atoms with van der Waals surface area (Å²) in [7, 11) is 1.66. The normalized spacial score (nSPS) is 10.8. The Morgan fingerprint density at radius 3 is 2.25 bits per heavy atom. The molecule has 0 heterocycles. The van der Waals surface area contributed by atoms with Crippen LogP contribution in [0.4, 0.5) is 0 Å². The predicted molar refractivity (Wildman–Crippen MR) is 94.4 cm³/mol. The fourth-order valence-electron chi connectivity index (χ4n) is 2.82. The van der Waals surface area contributed by atoms with Gasteiger partial charge in [-0.2, -0.15) is 0 Å². The minimum Gasteiger partial charge on any atom is -0.496 e. The summed E-state index contributed by atoms with van der Waals surface area (Å²) in [6.45, 7) is 8.08. The molecule has 0 fully saturated rings. The molecule has 0 bridgehead atoms. The van der Waals surface area contributed by atoms with Crippen molar-refractivity contribution in [3.05, 3.63) is 52.6 Å². The maximum Gasteiger partial charge on any atom is 0.307 e. The summed E-state index contributed by atoms with van der Waals surface area (Å²) in [4.78, 5) is 10.9. The SMILES string of the molecule is COc1ccc(Oc2c(C)cc(CC(=O)O)cc2C)cc1C(C)C. The molecule has 0 aliphatic carbocycles. The largest absolute Gasteiger partial charge is 0.496 e. The Kier molecular flexibility index (Phi) is 5.50. The molecule has 2 rings (SSSR count). The second-order valence-corrected chi connectivity index (χ2v) is 6.29. The van der Waals surface area contributed by atoms with Crippen molar-refractivity contribution in [2.24, 2.45) is 0 Å². The molecule has 0 amide bonds. The summed E-state index contributed by atoms with van der Waals surface area (Å²) in [6.07, 6.45) is 0.0159. The number of benzene rings is 2. The van der Waals surface area contributed by atoms with Gasteiger partial charge in [-0.25, -0.2) is 0 Å². The third-order valence-corrected chi connectivity index (χ3v) is 3.92. The Labute approximate surface area is 143 Å². The van der Waals surface area contributed by atoms with Gasteiger partial charge in [0.15, 0.2) is 0 Å². The van der Waals surface area contributed by atoms with Crippen LogP contribution in [-0.2, 0) is 11.2 Å². The second kappa shape index (κ2) is 7.39. The first kappa shape index (κ1) is 17.9. The zero-order chi connectivity index (χ0) is 17.9. The quantitative estimate of drug-likeness (QED) is 0.823. The molecule has 0 aliphatic rings. The standard InChI is InChI=1S/C20H24O4/c1-12(2)17-11-16(6-7-18(17)23-5)24-20-13(3)8-15(9-14(20)4)10-19(21)22/h6-9,11-12H,10H2,1-5H3,(H,21,22). The molecule has 24 heavy (non-hydrogen) atoms. The molecule has 0 saturated heterocycles. The van der Waals surface area contributed by atoms with Crippen LogP contribution in [0.15, 0.2) is 30.3 Å². The van der Waals surface area contributed by atoms with E-state index in [1.807, 2.05) is 44.2 Å². The van der Waals surface area contributed by atoms with Crippen molar-refractivity contribution < 1.29 is 19.4 Å². The average Bonchev–Trinajstić information content (AvgIpc) is 2.50. The van der Waals surface area contributed by atoms with E-state index in [1.54, 1.807) is 7.11 Å². The summed E-state index contributed by atoms with van der Waals surface area (Å²) in [5, 5.41) is 8.94. The van der Waals surface area contributed by atoms with Gasteiger partial charge in [0.25, 0.3) is 0 Å². The van der Waals surface area contributed by atoms with Crippen LogP contribution in [0.2, 0.25) is 0 Å². The highest BCUT2D eigenvalue weighted by Crippen LogP contribution is 2.35. The molecule has 0 unspecified atom stereocenters. The van der Waals surface area contributed by atoms with Crippen LogP contribution in [0.3, 0.4) is 0 Å². The van der Waals surface area contributed by atoms with Crippen molar-refractivity contribution in [2.45, 2.75) is 40.0 Å². The number of hydrogen-bond acceptors (Lipinski definition) is 3. The summed E-state index contributed by atoms with van der Waals surface area (Å²) in [5.74, 6) is 1.85. The molecule has 4 nitrogen and oxygen atoms in total. The number of hydrogen-bond donors (Lipinski definition) is 1. The van der Waals surface area contributed by atoms with Gasteiger partial charge in [-0.05, 0) is 54.7 Å². The van der Waals surface area contributed by atoms with E-state index >= 15 is 0 Å². The van der Waals surface area contributed by atoms with Crippen LogP contribution < -0.4 is 9.47 Å². The van der Waals surface area contributed by atoms with Gasteiger partial charge in [-0.1, -0.05) is 26.0 Å². The lowest BCUT2D eigenvalue weighted by molar-refractivity contribution is -0.136. The first-order valence-electron chi connectivity index (χ1n) is 7.99. The highest BCUT2D eigenvalue weighted by molar-refractivity contribution is 5.70. The molecule has 0 aliphatic heterocycles. The maximum atomic E-state index is 10.9. The number of carboxylic acids is 1. The Hall–Kier alpha value is -2.49. The van der Waals surface area contributed by atoms with Crippen LogP contribution in [0.5, 0.6) is 17.2 Å². The van der Waals surface area contributed by atoms with E-state index < -0.39 is 5.97 Å². The molecule has 2 aromatic rings. The Balaban J connectivity index is 2.34. The fourth-order valence-corrected chi connectivity index (χ4v) is 2.82. The van der Waals surface area contributed by atoms with Gasteiger partial charge < -0.3 is 14.6 Å². The van der Waals surface area contributed by atoms with Crippen molar-refractivity contribution in [3.63, 3.8) is 0 Å². The molecule has 2 aromatic carbocycles. The number of aliphatic carboxylic acids is 1. The zero-order valence-corrected chi connectivity index (χ0v) is 14.8. The molecule has 0 radical (unpaired) electrons. The number of methoxy groups -OCH3 is 1. The topological polar surface area (TPSA) is 55.8 Å². The molecule has 0 atom stereocenters. The number of ether oxygens (including phenoxy) is 2. The number of aryl methyl sites for hydroxylation is 2. The third kappa shape index (κ3) is 4.07. The van der Waals surface area contributed by atoms with Crippen LogP contribution in [0.25, 0.3) is 0 Å². The van der Waals surface area contributed by atoms with Crippen molar-refractivity contribution in [2.75, 3.05) is 7.11 Å². The molecule has 1 N–H and O–H groups in total. The lowest BCUT2D eigenvalue weighted by atomic mass is 10.0. The predicted octanol–water partition coefficient (Wildman–Crippen LogP) is 4.85. The Morgan fingerprint density at radius 2 is 1.75 bits per heavy atom. The van der Waals surface area contributed by atoms with Crippen LogP contribution in [0, 0.1) is 13.8 Å². The smallest absolute Gasteiger partial charge is 0.307 e. The van der Waals surface area contributed by atoms with Crippen molar-refractivity contribution >= 4 is 5.97 Å². The zero-order valence-electron chi connectivity index (χ0n) is 14.8. The van der Waals surface area contributed by atoms with Gasteiger partial charge in [0, 0.05) is 5.56 Å². The van der Waals surface area contributed by atoms with Crippen LogP contribution >= 0.6 is 0 Å². The van der Waals surface area contributed by atoms with E-state index in [0.29, 0.717) is 5.92 Å². The van der Waals surface area contributed by atoms with E-state index in [2.05, 4.69) is 13.8 Å². The molecule has 4 heteroatoms. The summed E-state index contributed by atoms with van der Waals surface area (Å²) in [6, 6.07) is 9.52. The molecule has 128 valence electrons. The molecular weight excluding hydrogens is 304 g/mol. The monoisotopic (exact) mass is 328 g/mol. The van der Waals surface area contributed by atoms with E-state index in [9.17, 15) is 4.79 Å². The molecule has 0 aromatic heterocycles. The van der Waals surface area contributed by atoms with Crippen molar-refractivity contribution in [1.82, 2.24) is 0 Å². The van der Waals surface area contributed by atoms with E-state index in [-0.39, 0.29) is 6.42 Å². The highest BCUT2D eigenvalue weighted by atomic mass is 16.5. The van der Waals surface area contributed by atoms with Gasteiger partial charge in [-0.15, -0.1) is 0 Å². The minimum atomic E-state index is -0.834.